The molecule has 0 saturated carbocycles. The second-order valence-corrected chi connectivity index (χ2v) is 5.59. The second kappa shape index (κ2) is 4.85. The van der Waals surface area contributed by atoms with E-state index >= 15 is 0 Å². The highest BCUT2D eigenvalue weighted by atomic mass is 35.5. The molecule has 4 nitrogen and oxygen atoms in total. The lowest BCUT2D eigenvalue weighted by Gasteiger charge is -2.13. The number of hydrogen-bond acceptors (Lipinski definition) is 2. The minimum atomic E-state index is 0.0472. The Bertz CT molecular complexity index is 665. The van der Waals surface area contributed by atoms with E-state index in [0.29, 0.717) is 17.6 Å². The zero-order valence-electron chi connectivity index (χ0n) is 10.9. The van der Waals surface area contributed by atoms with Crippen molar-refractivity contribution in [2.75, 3.05) is 13.1 Å². The summed E-state index contributed by atoms with van der Waals surface area (Å²) in [6, 6.07) is 1.83. The Hall–Kier alpha value is -1.55. The van der Waals surface area contributed by atoms with Gasteiger partial charge < -0.3 is 9.88 Å². The molecule has 1 saturated heterocycles. The fourth-order valence-electron chi connectivity index (χ4n) is 2.52. The molecule has 0 unspecified atom stereocenters. The lowest BCUT2D eigenvalue weighted by atomic mass is 10.2. The van der Waals surface area contributed by atoms with Crippen LogP contribution in [0.3, 0.4) is 0 Å². The topological polar surface area (TPSA) is 48.5 Å². The molecule has 2 aliphatic rings. The van der Waals surface area contributed by atoms with Crippen molar-refractivity contribution in [2.24, 2.45) is 4.99 Å². The van der Waals surface area contributed by atoms with Gasteiger partial charge in [-0.05, 0) is 31.4 Å². The largest absolute Gasteiger partial charge is 0.337 e. The lowest BCUT2D eigenvalue weighted by Crippen LogP contribution is -2.28. The van der Waals surface area contributed by atoms with E-state index in [-0.39, 0.29) is 5.91 Å². The van der Waals surface area contributed by atoms with Crippen LogP contribution < -0.4 is 10.7 Å². The first kappa shape index (κ1) is 12.5. The third kappa shape index (κ3) is 2.32. The maximum atomic E-state index is 12.3. The number of nitrogens with one attached hydrogen (secondary N) is 1. The van der Waals surface area contributed by atoms with Crippen LogP contribution in [0.15, 0.2) is 22.8 Å². The third-order valence-corrected chi connectivity index (χ3v) is 3.90. The molecular weight excluding hydrogens is 262 g/mol. The number of halogens is 1. The van der Waals surface area contributed by atoms with Crippen molar-refractivity contribution in [1.29, 1.82) is 0 Å². The van der Waals surface area contributed by atoms with Gasteiger partial charge in [-0.2, -0.15) is 0 Å². The quantitative estimate of drug-likeness (QED) is 0.831. The highest BCUT2D eigenvalue weighted by Crippen LogP contribution is 2.16. The van der Waals surface area contributed by atoms with Crippen LogP contribution in [0.2, 0.25) is 0 Å². The number of likely N-dealkylation sites (tertiary alicyclic amines) is 1. The van der Waals surface area contributed by atoms with Gasteiger partial charge in [0.25, 0.3) is 5.91 Å². The van der Waals surface area contributed by atoms with Crippen molar-refractivity contribution in [1.82, 2.24) is 9.88 Å². The summed E-state index contributed by atoms with van der Waals surface area (Å²) in [5.74, 6) is 0.0472. The molecule has 0 aliphatic carbocycles. The van der Waals surface area contributed by atoms with E-state index in [9.17, 15) is 4.79 Å². The summed E-state index contributed by atoms with van der Waals surface area (Å²) in [7, 11) is 0. The van der Waals surface area contributed by atoms with Crippen LogP contribution in [0.4, 0.5) is 0 Å². The molecule has 1 aromatic rings. The van der Waals surface area contributed by atoms with E-state index in [1.54, 1.807) is 6.20 Å². The van der Waals surface area contributed by atoms with Crippen LogP contribution in [0.5, 0.6) is 0 Å². The van der Waals surface area contributed by atoms with E-state index in [0.717, 1.165) is 41.8 Å². The van der Waals surface area contributed by atoms with Gasteiger partial charge in [0, 0.05) is 36.0 Å². The van der Waals surface area contributed by atoms with Gasteiger partial charge in [-0.3, -0.25) is 4.79 Å². The van der Waals surface area contributed by atoms with Crippen LogP contribution in [0, 0.1) is 0 Å². The van der Waals surface area contributed by atoms with Gasteiger partial charge in [-0.1, -0.05) is 11.6 Å². The van der Waals surface area contributed by atoms with Gasteiger partial charge in [0.15, 0.2) is 0 Å². The first-order valence-electron chi connectivity index (χ1n) is 6.55. The Labute approximate surface area is 116 Å². The Morgan fingerprint density at radius 2 is 2.16 bits per heavy atom. The van der Waals surface area contributed by atoms with Gasteiger partial charge in [0.1, 0.15) is 11.2 Å². The zero-order valence-corrected chi connectivity index (χ0v) is 11.6. The van der Waals surface area contributed by atoms with Crippen LogP contribution in [0.25, 0.3) is 5.03 Å². The molecule has 1 amide bonds. The smallest absolute Gasteiger partial charge is 0.270 e. The van der Waals surface area contributed by atoms with E-state index < -0.39 is 0 Å². The molecular formula is C14H16ClN3O. The van der Waals surface area contributed by atoms with Crippen molar-refractivity contribution < 1.29 is 4.79 Å². The molecule has 0 atom stereocenters. The van der Waals surface area contributed by atoms with Gasteiger partial charge in [0.05, 0.1) is 0 Å². The minimum Gasteiger partial charge on any atom is -0.337 e. The summed E-state index contributed by atoms with van der Waals surface area (Å²) in [6.07, 6.45) is 4.67. The number of carbonyl (C=O) groups excluding carboxylic acids is 1. The molecule has 5 heteroatoms. The average molecular weight is 278 g/mol. The number of amides is 1. The molecule has 1 aromatic heterocycles. The van der Waals surface area contributed by atoms with Gasteiger partial charge in [-0.25, -0.2) is 4.99 Å². The maximum Gasteiger partial charge on any atom is 0.270 e. The Morgan fingerprint density at radius 1 is 1.42 bits per heavy atom. The van der Waals surface area contributed by atoms with Crippen molar-refractivity contribution >= 4 is 22.5 Å². The van der Waals surface area contributed by atoms with Crippen LogP contribution in [-0.4, -0.2) is 28.9 Å². The molecule has 0 aromatic carbocycles. The molecule has 3 heterocycles. The zero-order chi connectivity index (χ0) is 13.4. The normalized spacial score (nSPS) is 18.7. The Morgan fingerprint density at radius 3 is 2.89 bits per heavy atom. The van der Waals surface area contributed by atoms with Gasteiger partial charge in [-0.15, -0.1) is 0 Å². The first-order valence-corrected chi connectivity index (χ1v) is 6.93. The monoisotopic (exact) mass is 277 g/mol. The predicted octanol–water partition coefficient (Wildman–Crippen LogP) is 1.52. The van der Waals surface area contributed by atoms with Crippen LogP contribution >= 0.6 is 11.6 Å². The van der Waals surface area contributed by atoms with Crippen LogP contribution in [0.1, 0.15) is 36.7 Å². The molecule has 2 aliphatic heterocycles. The van der Waals surface area contributed by atoms with E-state index in [4.69, 9.17) is 11.6 Å². The Balaban J connectivity index is 2.03. The SMILES string of the molecule is CC1=CN=c2[nH]c(C(=O)N3CCCC3)cc2=C(Cl)C1. The van der Waals surface area contributed by atoms with Crippen molar-refractivity contribution in [3.63, 3.8) is 0 Å². The molecule has 1 N–H and O–H groups in total. The first-order chi connectivity index (χ1) is 9.15. The molecule has 19 heavy (non-hydrogen) atoms. The number of nitrogens with zero attached hydrogens (tertiary/aromatic N) is 2. The van der Waals surface area contributed by atoms with E-state index in [2.05, 4.69) is 9.98 Å². The van der Waals surface area contributed by atoms with Gasteiger partial charge in [0.2, 0.25) is 0 Å². The standard InChI is InChI=1S/C14H16ClN3O/c1-9-6-11(15)10-7-12(17-13(10)16-8-9)14(19)18-4-2-3-5-18/h7-8H,2-6H2,1H3,(H,16,17). The van der Waals surface area contributed by atoms with E-state index in [1.165, 1.54) is 0 Å². The van der Waals surface area contributed by atoms with Crippen molar-refractivity contribution in [3.8, 4) is 0 Å². The third-order valence-electron chi connectivity index (χ3n) is 3.56. The number of allylic oxidation sites excluding steroid dienone is 1. The summed E-state index contributed by atoms with van der Waals surface area (Å²) in [6.45, 7) is 3.68. The number of aromatic nitrogens is 1. The average Bonchev–Trinajstić information content (AvgIpc) is 3.03. The number of aromatic amines is 1. The van der Waals surface area contributed by atoms with Crippen molar-refractivity contribution in [2.45, 2.75) is 26.2 Å². The minimum absolute atomic E-state index is 0.0472. The number of hydrogen-bond donors (Lipinski definition) is 1. The Kier molecular flexibility index (Phi) is 3.19. The van der Waals surface area contributed by atoms with Crippen molar-refractivity contribution in [3.05, 3.63) is 34.2 Å². The summed E-state index contributed by atoms with van der Waals surface area (Å²) in [4.78, 5) is 21.6. The fraction of sp³-hybridized carbons (Fsp3) is 0.429. The number of rotatable bonds is 1. The van der Waals surface area contributed by atoms with E-state index in [1.807, 2.05) is 17.9 Å². The lowest BCUT2D eigenvalue weighted by molar-refractivity contribution is 0.0787. The predicted molar refractivity (Wildman–Crippen MR) is 74.3 cm³/mol. The summed E-state index contributed by atoms with van der Waals surface area (Å²) >= 11 is 6.30. The highest BCUT2D eigenvalue weighted by molar-refractivity contribution is 6.45. The summed E-state index contributed by atoms with van der Waals surface area (Å²) < 4.78 is 0. The van der Waals surface area contributed by atoms with Gasteiger partial charge >= 0.3 is 0 Å². The fourth-order valence-corrected chi connectivity index (χ4v) is 2.87. The number of fused-ring (bicyclic) bond motifs is 1. The molecule has 0 spiro atoms. The summed E-state index contributed by atoms with van der Waals surface area (Å²) in [5, 5.41) is 1.58. The second-order valence-electron chi connectivity index (χ2n) is 5.13. The molecule has 0 radical (unpaired) electrons. The molecule has 1 fully saturated rings. The maximum absolute atomic E-state index is 12.3. The summed E-state index contributed by atoms with van der Waals surface area (Å²) in [5.41, 5.74) is 2.38. The molecule has 100 valence electrons. The number of H-pyrrole nitrogens is 1. The number of carbonyl (C=O) groups is 1. The highest BCUT2D eigenvalue weighted by Gasteiger charge is 2.21. The molecule has 3 rings (SSSR count). The molecule has 0 bridgehead atoms. The van der Waals surface area contributed by atoms with Crippen LogP contribution in [-0.2, 0) is 0 Å².